The lowest BCUT2D eigenvalue weighted by Crippen LogP contribution is -2.63. The zero-order valence-corrected chi connectivity index (χ0v) is 16.2. The number of amides is 1. The van der Waals surface area contributed by atoms with Crippen molar-refractivity contribution in [1.29, 1.82) is 0 Å². The molecule has 2 N–H and O–H groups in total. The van der Waals surface area contributed by atoms with Gasteiger partial charge in [0.2, 0.25) is 0 Å². The lowest BCUT2D eigenvalue weighted by atomic mass is 10.0. The smallest absolute Gasteiger partial charge is 0.410 e. The normalized spacial score (nSPS) is 19.2. The molecule has 0 aliphatic carbocycles. The van der Waals surface area contributed by atoms with E-state index in [4.69, 9.17) is 15.2 Å². The van der Waals surface area contributed by atoms with E-state index in [-0.39, 0.29) is 6.09 Å². The fourth-order valence-corrected chi connectivity index (χ4v) is 3.39. The Morgan fingerprint density at radius 3 is 2.38 bits per heavy atom. The molecule has 0 bridgehead atoms. The minimum Gasteiger partial charge on any atom is -0.495 e. The highest BCUT2D eigenvalue weighted by molar-refractivity contribution is 5.68. The average molecular weight is 362 g/mol. The summed E-state index contributed by atoms with van der Waals surface area (Å²) >= 11 is 0. The van der Waals surface area contributed by atoms with E-state index in [1.165, 1.54) is 0 Å². The highest BCUT2D eigenvalue weighted by Gasteiger charge is 2.35. The predicted octanol–water partition coefficient (Wildman–Crippen LogP) is 2.02. The van der Waals surface area contributed by atoms with E-state index in [1.54, 1.807) is 7.11 Å². The molecule has 7 heteroatoms. The van der Waals surface area contributed by atoms with Crippen molar-refractivity contribution in [1.82, 2.24) is 9.80 Å². The number of methoxy groups -OCH3 is 1. The maximum Gasteiger partial charge on any atom is 0.410 e. The number of nitrogens with two attached hydrogens (primary N) is 1. The van der Waals surface area contributed by atoms with Gasteiger partial charge in [-0.15, -0.1) is 0 Å². The Bertz CT molecular complexity index is 645. The number of hydrogen-bond donors (Lipinski definition) is 1. The van der Waals surface area contributed by atoms with Gasteiger partial charge in [-0.1, -0.05) is 0 Å². The van der Waals surface area contributed by atoms with Crippen molar-refractivity contribution in [3.8, 4) is 5.75 Å². The Morgan fingerprint density at radius 1 is 1.15 bits per heavy atom. The Morgan fingerprint density at radius 2 is 1.81 bits per heavy atom. The van der Waals surface area contributed by atoms with Crippen molar-refractivity contribution in [2.24, 2.45) is 0 Å². The maximum atomic E-state index is 12.2. The number of ether oxygens (including phenoxy) is 2. The number of piperazine rings is 1. The first kappa shape index (κ1) is 18.6. The molecule has 2 aliphatic heterocycles. The molecule has 0 unspecified atom stereocenters. The van der Waals surface area contributed by atoms with Gasteiger partial charge in [-0.2, -0.15) is 0 Å². The Hall–Kier alpha value is -2.15. The van der Waals surface area contributed by atoms with Crippen molar-refractivity contribution in [3.63, 3.8) is 0 Å². The van der Waals surface area contributed by atoms with Crippen LogP contribution in [0.4, 0.5) is 16.2 Å². The zero-order chi connectivity index (χ0) is 18.9. The van der Waals surface area contributed by atoms with E-state index in [1.807, 2.05) is 43.9 Å². The number of carbonyl (C=O) groups is 1. The summed E-state index contributed by atoms with van der Waals surface area (Å²) in [6.07, 6.45) is -0.207. The molecule has 2 aliphatic rings. The summed E-state index contributed by atoms with van der Waals surface area (Å²) in [7, 11) is 1.64. The minimum atomic E-state index is -0.442. The average Bonchev–Trinajstić information content (AvgIpc) is 2.54. The van der Waals surface area contributed by atoms with Crippen LogP contribution in [0.15, 0.2) is 18.2 Å². The molecule has 1 amide bonds. The number of rotatable bonds is 3. The van der Waals surface area contributed by atoms with Crippen LogP contribution in [0.3, 0.4) is 0 Å². The van der Waals surface area contributed by atoms with Gasteiger partial charge >= 0.3 is 6.09 Å². The van der Waals surface area contributed by atoms with Gasteiger partial charge in [-0.3, -0.25) is 4.90 Å². The molecule has 0 atom stereocenters. The van der Waals surface area contributed by atoms with Gasteiger partial charge in [0, 0.05) is 57.1 Å². The molecule has 0 aromatic heterocycles. The molecule has 144 valence electrons. The number of carbonyl (C=O) groups excluding carboxylic acids is 1. The molecule has 0 saturated carbocycles. The fraction of sp³-hybridized carbons (Fsp3) is 0.632. The van der Waals surface area contributed by atoms with Crippen LogP contribution in [0.2, 0.25) is 0 Å². The Balaban J connectivity index is 1.47. The molecule has 0 spiro atoms. The monoisotopic (exact) mass is 362 g/mol. The Kier molecular flexibility index (Phi) is 5.18. The lowest BCUT2D eigenvalue weighted by molar-refractivity contribution is 0.00876. The quantitative estimate of drug-likeness (QED) is 0.830. The molecule has 2 fully saturated rings. The number of anilines is 2. The van der Waals surface area contributed by atoms with Gasteiger partial charge in [0.05, 0.1) is 12.8 Å². The third-order valence-corrected chi connectivity index (χ3v) is 4.93. The van der Waals surface area contributed by atoms with E-state index < -0.39 is 5.60 Å². The molecular formula is C19H30N4O3. The first-order valence-corrected chi connectivity index (χ1v) is 9.17. The molecule has 0 radical (unpaired) electrons. The number of hydrogen-bond acceptors (Lipinski definition) is 6. The summed E-state index contributed by atoms with van der Waals surface area (Å²) in [5, 5.41) is 0. The summed E-state index contributed by atoms with van der Waals surface area (Å²) in [5.74, 6) is 0.719. The SMILES string of the molecule is COc1cc(N2CC(N3CCN(C(=O)OC(C)(C)C)CC3)C2)ccc1N. The second kappa shape index (κ2) is 7.23. The molecule has 3 rings (SSSR count). The van der Waals surface area contributed by atoms with Crippen LogP contribution < -0.4 is 15.4 Å². The van der Waals surface area contributed by atoms with Crippen LogP contribution in [0.5, 0.6) is 5.75 Å². The molecule has 7 nitrogen and oxygen atoms in total. The van der Waals surface area contributed by atoms with Crippen molar-refractivity contribution >= 4 is 17.5 Å². The van der Waals surface area contributed by atoms with Crippen molar-refractivity contribution in [2.45, 2.75) is 32.4 Å². The fourth-order valence-electron chi connectivity index (χ4n) is 3.39. The van der Waals surface area contributed by atoms with Gasteiger partial charge < -0.3 is 25.0 Å². The largest absolute Gasteiger partial charge is 0.495 e. The molecule has 2 heterocycles. The zero-order valence-electron chi connectivity index (χ0n) is 16.2. The van der Waals surface area contributed by atoms with Crippen LogP contribution in [0.1, 0.15) is 20.8 Å². The van der Waals surface area contributed by atoms with Crippen LogP contribution >= 0.6 is 0 Å². The second-order valence-corrected chi connectivity index (χ2v) is 7.99. The van der Waals surface area contributed by atoms with Crippen LogP contribution in [0.25, 0.3) is 0 Å². The lowest BCUT2D eigenvalue weighted by Gasteiger charge is -2.49. The van der Waals surface area contributed by atoms with Gasteiger partial charge in [-0.05, 0) is 32.9 Å². The van der Waals surface area contributed by atoms with Crippen LogP contribution in [0, 0.1) is 0 Å². The van der Waals surface area contributed by atoms with Crippen molar-refractivity contribution in [2.75, 3.05) is 57.0 Å². The number of nitrogens with zero attached hydrogens (tertiary/aromatic N) is 3. The molecule has 2 saturated heterocycles. The molecule has 1 aromatic carbocycles. The molecular weight excluding hydrogens is 332 g/mol. The summed E-state index contributed by atoms with van der Waals surface area (Å²) in [6, 6.07) is 6.45. The van der Waals surface area contributed by atoms with E-state index >= 15 is 0 Å². The van der Waals surface area contributed by atoms with Gasteiger partial charge in [0.1, 0.15) is 11.4 Å². The highest BCUT2D eigenvalue weighted by Crippen LogP contribution is 2.31. The summed E-state index contributed by atoms with van der Waals surface area (Å²) in [6.45, 7) is 10.9. The summed E-state index contributed by atoms with van der Waals surface area (Å²) in [4.78, 5) is 18.8. The number of benzene rings is 1. The maximum absolute atomic E-state index is 12.2. The predicted molar refractivity (Wildman–Crippen MR) is 103 cm³/mol. The van der Waals surface area contributed by atoms with Crippen molar-refractivity contribution in [3.05, 3.63) is 18.2 Å². The van der Waals surface area contributed by atoms with E-state index in [9.17, 15) is 4.79 Å². The van der Waals surface area contributed by atoms with Gasteiger partial charge in [0.25, 0.3) is 0 Å². The van der Waals surface area contributed by atoms with Crippen molar-refractivity contribution < 1.29 is 14.3 Å². The summed E-state index contributed by atoms with van der Waals surface area (Å²) in [5.41, 5.74) is 7.24. The van der Waals surface area contributed by atoms with E-state index in [0.29, 0.717) is 11.7 Å². The van der Waals surface area contributed by atoms with Gasteiger partial charge in [-0.25, -0.2) is 4.79 Å². The first-order valence-electron chi connectivity index (χ1n) is 9.17. The second-order valence-electron chi connectivity index (χ2n) is 7.99. The standard InChI is InChI=1S/C19H30N4O3/c1-19(2,3)26-18(24)22-9-7-21(8-10-22)15-12-23(13-15)14-5-6-16(20)17(11-14)25-4/h5-6,11,15H,7-10,12-13,20H2,1-4H3. The minimum absolute atomic E-state index is 0.207. The van der Waals surface area contributed by atoms with E-state index in [0.717, 1.165) is 50.7 Å². The van der Waals surface area contributed by atoms with Gasteiger partial charge in [0.15, 0.2) is 0 Å². The Labute approximate surface area is 155 Å². The summed E-state index contributed by atoms with van der Waals surface area (Å²) < 4.78 is 10.8. The number of nitrogen functional groups attached to an aromatic ring is 1. The van der Waals surface area contributed by atoms with E-state index in [2.05, 4.69) is 9.80 Å². The highest BCUT2D eigenvalue weighted by atomic mass is 16.6. The van der Waals surface area contributed by atoms with Crippen LogP contribution in [-0.2, 0) is 4.74 Å². The first-order chi connectivity index (χ1) is 12.3. The third-order valence-electron chi connectivity index (χ3n) is 4.93. The molecule has 1 aromatic rings. The topological polar surface area (TPSA) is 71.3 Å². The van der Waals surface area contributed by atoms with Crippen LogP contribution in [-0.4, -0.2) is 73.9 Å². The molecule has 26 heavy (non-hydrogen) atoms. The third kappa shape index (κ3) is 4.15.